The first-order valence-corrected chi connectivity index (χ1v) is 11.3. The third kappa shape index (κ3) is 3.65. The maximum atomic E-state index is 12.8. The van der Waals surface area contributed by atoms with Crippen molar-refractivity contribution in [3.05, 3.63) is 41.7 Å². The van der Waals surface area contributed by atoms with Gasteiger partial charge in [0.2, 0.25) is 12.7 Å². The number of anilines is 1. The SMILES string of the molecule is O=C(NC1COC2C(Nc3nccc(C4CCCC4)n3)COC12)c1ccc2c(c1)OCO2. The van der Waals surface area contributed by atoms with Crippen LogP contribution in [0.1, 0.15) is 47.7 Å². The van der Waals surface area contributed by atoms with Gasteiger partial charge in [-0.25, -0.2) is 9.97 Å². The molecule has 0 radical (unpaired) electrons. The maximum Gasteiger partial charge on any atom is 0.251 e. The molecule has 1 aliphatic carbocycles. The van der Waals surface area contributed by atoms with Crippen LogP contribution in [0.5, 0.6) is 11.5 Å². The summed E-state index contributed by atoms with van der Waals surface area (Å²) in [6.07, 6.45) is 6.36. The van der Waals surface area contributed by atoms with Crippen LogP contribution in [-0.2, 0) is 9.47 Å². The Balaban J connectivity index is 1.09. The van der Waals surface area contributed by atoms with Crippen LogP contribution in [0, 0.1) is 0 Å². The van der Waals surface area contributed by atoms with Crippen LogP contribution < -0.4 is 20.1 Å². The average molecular weight is 438 g/mol. The molecule has 2 N–H and O–H groups in total. The number of nitrogens with one attached hydrogen (secondary N) is 2. The van der Waals surface area contributed by atoms with Crippen molar-refractivity contribution in [2.45, 2.75) is 55.9 Å². The van der Waals surface area contributed by atoms with E-state index in [0.717, 1.165) is 5.69 Å². The lowest BCUT2D eigenvalue weighted by molar-refractivity contribution is 0.0652. The number of hydrogen-bond acceptors (Lipinski definition) is 8. The Hall–Kier alpha value is -2.91. The van der Waals surface area contributed by atoms with Gasteiger partial charge >= 0.3 is 0 Å². The van der Waals surface area contributed by atoms with E-state index in [9.17, 15) is 4.79 Å². The third-order valence-corrected chi connectivity index (χ3v) is 6.77. The van der Waals surface area contributed by atoms with E-state index >= 15 is 0 Å². The van der Waals surface area contributed by atoms with Crippen LogP contribution in [0.2, 0.25) is 0 Å². The molecule has 9 heteroatoms. The molecule has 1 aromatic heterocycles. The van der Waals surface area contributed by atoms with E-state index in [2.05, 4.69) is 15.6 Å². The number of fused-ring (bicyclic) bond motifs is 2. The lowest BCUT2D eigenvalue weighted by Crippen LogP contribution is -2.44. The molecule has 9 nitrogen and oxygen atoms in total. The zero-order valence-corrected chi connectivity index (χ0v) is 17.7. The summed E-state index contributed by atoms with van der Waals surface area (Å²) in [5, 5.41) is 6.44. The number of ether oxygens (including phenoxy) is 4. The molecule has 32 heavy (non-hydrogen) atoms. The molecule has 4 atom stereocenters. The van der Waals surface area contributed by atoms with Crippen molar-refractivity contribution in [1.82, 2.24) is 15.3 Å². The lowest BCUT2D eigenvalue weighted by atomic mass is 10.0. The molecule has 0 spiro atoms. The summed E-state index contributed by atoms with van der Waals surface area (Å²) in [6.45, 7) is 1.05. The summed E-state index contributed by atoms with van der Waals surface area (Å²) in [4.78, 5) is 21.9. The number of aromatic nitrogens is 2. The molecule has 6 rings (SSSR count). The molecule has 0 bridgehead atoms. The van der Waals surface area contributed by atoms with Crippen LogP contribution in [0.3, 0.4) is 0 Å². The molecule has 2 aromatic rings. The van der Waals surface area contributed by atoms with Gasteiger partial charge < -0.3 is 29.6 Å². The largest absolute Gasteiger partial charge is 0.454 e. The molecule has 168 valence electrons. The van der Waals surface area contributed by atoms with Gasteiger partial charge in [0.15, 0.2) is 11.5 Å². The second-order valence-corrected chi connectivity index (χ2v) is 8.78. The van der Waals surface area contributed by atoms with E-state index < -0.39 is 0 Å². The van der Waals surface area contributed by atoms with Crippen molar-refractivity contribution in [1.29, 1.82) is 0 Å². The van der Waals surface area contributed by atoms with E-state index in [0.29, 0.717) is 42.1 Å². The normalized spacial score (nSPS) is 28.6. The number of nitrogens with zero attached hydrogens (tertiary/aromatic N) is 2. The van der Waals surface area contributed by atoms with E-state index in [1.54, 1.807) is 18.2 Å². The van der Waals surface area contributed by atoms with Gasteiger partial charge in [0.25, 0.3) is 5.91 Å². The summed E-state index contributed by atoms with van der Waals surface area (Å²) in [5.41, 5.74) is 1.62. The topological polar surface area (TPSA) is 104 Å². The molecule has 4 heterocycles. The predicted octanol–water partition coefficient (Wildman–Crippen LogP) is 2.24. The highest BCUT2D eigenvalue weighted by Gasteiger charge is 2.48. The van der Waals surface area contributed by atoms with E-state index in [1.165, 1.54) is 25.7 Å². The fourth-order valence-corrected chi connectivity index (χ4v) is 5.09. The van der Waals surface area contributed by atoms with Crippen molar-refractivity contribution >= 4 is 11.9 Å². The highest BCUT2D eigenvalue weighted by atomic mass is 16.7. The molecule has 3 fully saturated rings. The molecule has 2 saturated heterocycles. The minimum Gasteiger partial charge on any atom is -0.454 e. The summed E-state index contributed by atoms with van der Waals surface area (Å²) < 4.78 is 22.7. The van der Waals surface area contributed by atoms with E-state index in [1.807, 2.05) is 12.3 Å². The highest BCUT2D eigenvalue weighted by molar-refractivity contribution is 5.95. The van der Waals surface area contributed by atoms with Crippen LogP contribution >= 0.6 is 0 Å². The van der Waals surface area contributed by atoms with Gasteiger partial charge in [0, 0.05) is 23.4 Å². The Morgan fingerprint density at radius 3 is 2.62 bits per heavy atom. The summed E-state index contributed by atoms with van der Waals surface area (Å²) in [5.74, 6) is 2.19. The minimum atomic E-state index is -0.226. The Morgan fingerprint density at radius 2 is 1.75 bits per heavy atom. The fourth-order valence-electron chi connectivity index (χ4n) is 5.09. The van der Waals surface area contributed by atoms with Crippen molar-refractivity contribution in [2.75, 3.05) is 25.3 Å². The van der Waals surface area contributed by atoms with Gasteiger partial charge in [-0.2, -0.15) is 0 Å². The molecule has 4 aliphatic rings. The summed E-state index contributed by atoms with van der Waals surface area (Å²) in [6, 6.07) is 6.89. The number of benzene rings is 1. The van der Waals surface area contributed by atoms with Crippen molar-refractivity contribution in [3.63, 3.8) is 0 Å². The van der Waals surface area contributed by atoms with Gasteiger partial charge in [-0.15, -0.1) is 0 Å². The van der Waals surface area contributed by atoms with Crippen LogP contribution in [0.25, 0.3) is 0 Å². The molecule has 1 amide bonds. The predicted molar refractivity (Wildman–Crippen MR) is 114 cm³/mol. The zero-order valence-electron chi connectivity index (χ0n) is 17.7. The smallest absolute Gasteiger partial charge is 0.251 e. The van der Waals surface area contributed by atoms with Crippen LogP contribution in [0.15, 0.2) is 30.5 Å². The average Bonchev–Trinajstić information content (AvgIpc) is 3.60. The lowest BCUT2D eigenvalue weighted by Gasteiger charge is -2.19. The molecule has 4 unspecified atom stereocenters. The standard InChI is InChI=1S/C23H26N4O5/c28-22(14-5-6-18-19(9-14)32-12-31-18)25-16-10-29-21-17(11-30-20(16)21)27-23-24-8-7-15(26-23)13-3-1-2-4-13/h5-9,13,16-17,20-21H,1-4,10-12H2,(H,25,28)(H,24,26,27). The van der Waals surface area contributed by atoms with Gasteiger partial charge in [0.05, 0.1) is 25.3 Å². The highest BCUT2D eigenvalue weighted by Crippen LogP contribution is 2.34. The van der Waals surface area contributed by atoms with Crippen molar-refractivity contribution < 1.29 is 23.7 Å². The molecule has 1 saturated carbocycles. The molecular weight excluding hydrogens is 412 g/mol. The first-order valence-electron chi connectivity index (χ1n) is 11.3. The number of rotatable bonds is 5. The van der Waals surface area contributed by atoms with E-state index in [4.69, 9.17) is 23.9 Å². The number of amides is 1. The van der Waals surface area contributed by atoms with Gasteiger partial charge in [-0.3, -0.25) is 4.79 Å². The number of carbonyl (C=O) groups excluding carboxylic acids is 1. The Labute approximate surface area is 185 Å². The number of hydrogen-bond donors (Lipinski definition) is 2. The van der Waals surface area contributed by atoms with E-state index in [-0.39, 0.29) is 37.0 Å². The van der Waals surface area contributed by atoms with Crippen molar-refractivity contribution in [3.8, 4) is 11.5 Å². The number of carbonyl (C=O) groups is 1. The third-order valence-electron chi connectivity index (χ3n) is 6.77. The Kier molecular flexibility index (Phi) is 5.07. The van der Waals surface area contributed by atoms with Gasteiger partial charge in [-0.05, 0) is 37.1 Å². The van der Waals surface area contributed by atoms with Crippen molar-refractivity contribution in [2.24, 2.45) is 0 Å². The first-order chi connectivity index (χ1) is 15.7. The maximum absolute atomic E-state index is 12.8. The second kappa shape index (κ2) is 8.22. The van der Waals surface area contributed by atoms with Gasteiger partial charge in [-0.1, -0.05) is 12.8 Å². The van der Waals surface area contributed by atoms with Crippen LogP contribution in [0.4, 0.5) is 5.95 Å². The molecule has 1 aromatic carbocycles. The Bertz CT molecular complexity index is 1010. The quantitative estimate of drug-likeness (QED) is 0.733. The summed E-state index contributed by atoms with van der Waals surface area (Å²) in [7, 11) is 0. The zero-order chi connectivity index (χ0) is 21.5. The minimum absolute atomic E-state index is 0.0636. The fraction of sp³-hybridized carbons (Fsp3) is 0.522. The second-order valence-electron chi connectivity index (χ2n) is 8.78. The monoisotopic (exact) mass is 438 g/mol. The summed E-state index contributed by atoms with van der Waals surface area (Å²) >= 11 is 0. The molecule has 3 aliphatic heterocycles. The van der Waals surface area contributed by atoms with Crippen LogP contribution in [-0.4, -0.2) is 60.2 Å². The first kappa shape index (κ1) is 19.8. The Morgan fingerprint density at radius 1 is 0.969 bits per heavy atom. The van der Waals surface area contributed by atoms with Gasteiger partial charge in [0.1, 0.15) is 12.2 Å². The molecular formula is C23H26N4O5.